The van der Waals surface area contributed by atoms with Crippen molar-refractivity contribution in [3.05, 3.63) is 70.9 Å². The standard InChI is InChI=1S/C22H18N2OS/c25-14-19-21(23-22-24(19)18-8-4-5-9-20(18)26-22)17-12-10-16(11-13-17)15-6-2-1-3-7-15/h1-3,6-7,10-14H,4-5,8-9H2. The lowest BCUT2D eigenvalue weighted by Gasteiger charge is -2.11. The smallest absolute Gasteiger partial charge is 0.195 e. The van der Waals surface area contributed by atoms with E-state index in [-0.39, 0.29) is 0 Å². The van der Waals surface area contributed by atoms with Crippen LogP contribution in [0.15, 0.2) is 54.6 Å². The number of carbonyl (C=O) groups is 1. The van der Waals surface area contributed by atoms with Gasteiger partial charge in [-0.05, 0) is 36.8 Å². The Balaban J connectivity index is 1.61. The Morgan fingerprint density at radius 1 is 0.885 bits per heavy atom. The molecule has 0 unspecified atom stereocenters. The van der Waals surface area contributed by atoms with Gasteiger partial charge in [-0.1, -0.05) is 54.6 Å². The number of aryl methyl sites for hydroxylation is 2. The van der Waals surface area contributed by atoms with E-state index < -0.39 is 0 Å². The molecule has 4 heteroatoms. The summed E-state index contributed by atoms with van der Waals surface area (Å²) in [5.41, 5.74) is 6.12. The van der Waals surface area contributed by atoms with Gasteiger partial charge in [-0.2, -0.15) is 0 Å². The van der Waals surface area contributed by atoms with E-state index in [0.29, 0.717) is 5.69 Å². The highest BCUT2D eigenvalue weighted by Gasteiger charge is 2.22. The van der Waals surface area contributed by atoms with Crippen molar-refractivity contribution in [3.8, 4) is 22.4 Å². The molecule has 1 aliphatic rings. The van der Waals surface area contributed by atoms with Gasteiger partial charge in [-0.3, -0.25) is 9.20 Å². The van der Waals surface area contributed by atoms with Crippen LogP contribution in [0.5, 0.6) is 0 Å². The minimum absolute atomic E-state index is 0.687. The molecular formula is C22H18N2OS. The van der Waals surface area contributed by atoms with Crippen molar-refractivity contribution in [2.75, 3.05) is 0 Å². The first-order valence-electron chi connectivity index (χ1n) is 8.99. The van der Waals surface area contributed by atoms with Gasteiger partial charge in [-0.15, -0.1) is 11.3 Å². The number of hydrogen-bond acceptors (Lipinski definition) is 3. The quantitative estimate of drug-likeness (QED) is 0.458. The molecule has 2 heterocycles. The fourth-order valence-corrected chi connectivity index (χ4v) is 5.05. The summed E-state index contributed by atoms with van der Waals surface area (Å²) in [4.78, 5) is 19.0. The number of hydrogen-bond donors (Lipinski definition) is 0. The summed E-state index contributed by atoms with van der Waals surface area (Å²) in [6.07, 6.45) is 5.54. The zero-order valence-corrected chi connectivity index (χ0v) is 15.1. The van der Waals surface area contributed by atoms with Crippen LogP contribution in [0.25, 0.3) is 27.3 Å². The van der Waals surface area contributed by atoms with Gasteiger partial charge in [0.05, 0.1) is 0 Å². The van der Waals surface area contributed by atoms with Gasteiger partial charge in [0, 0.05) is 16.1 Å². The largest absolute Gasteiger partial charge is 0.296 e. The Hall–Kier alpha value is -2.72. The second-order valence-electron chi connectivity index (χ2n) is 6.70. The zero-order chi connectivity index (χ0) is 17.5. The van der Waals surface area contributed by atoms with Gasteiger partial charge >= 0.3 is 0 Å². The molecule has 2 aromatic heterocycles. The lowest BCUT2D eigenvalue weighted by Crippen LogP contribution is -2.04. The summed E-state index contributed by atoms with van der Waals surface area (Å²) < 4.78 is 2.09. The molecule has 0 bridgehead atoms. The molecule has 2 aromatic carbocycles. The summed E-state index contributed by atoms with van der Waals surface area (Å²) in [7, 11) is 0. The molecule has 26 heavy (non-hydrogen) atoms. The maximum Gasteiger partial charge on any atom is 0.195 e. The predicted molar refractivity (Wildman–Crippen MR) is 106 cm³/mol. The van der Waals surface area contributed by atoms with E-state index in [0.717, 1.165) is 35.3 Å². The summed E-state index contributed by atoms with van der Waals surface area (Å²) >= 11 is 1.74. The molecule has 0 fully saturated rings. The normalized spacial score (nSPS) is 13.7. The van der Waals surface area contributed by atoms with Crippen LogP contribution in [0.1, 0.15) is 33.9 Å². The first-order chi connectivity index (χ1) is 12.8. The third-order valence-electron chi connectivity index (χ3n) is 5.13. The Kier molecular flexibility index (Phi) is 3.71. The monoisotopic (exact) mass is 358 g/mol. The summed E-state index contributed by atoms with van der Waals surface area (Å²) in [6.45, 7) is 0. The van der Waals surface area contributed by atoms with Gasteiger partial charge in [-0.25, -0.2) is 4.98 Å². The van der Waals surface area contributed by atoms with Gasteiger partial charge < -0.3 is 0 Å². The van der Waals surface area contributed by atoms with Crippen molar-refractivity contribution in [3.63, 3.8) is 0 Å². The second-order valence-corrected chi connectivity index (χ2v) is 7.77. The molecule has 0 aliphatic heterocycles. The fraction of sp³-hybridized carbons (Fsp3) is 0.182. The fourth-order valence-electron chi connectivity index (χ4n) is 3.83. The highest BCUT2D eigenvalue weighted by Crippen LogP contribution is 2.34. The maximum absolute atomic E-state index is 11.9. The lowest BCUT2D eigenvalue weighted by atomic mass is 10.0. The third kappa shape index (κ3) is 2.41. The number of benzene rings is 2. The molecule has 3 nitrogen and oxygen atoms in total. The van der Waals surface area contributed by atoms with Crippen molar-refractivity contribution in [2.45, 2.75) is 25.7 Å². The predicted octanol–water partition coefficient (Wildman–Crippen LogP) is 5.42. The first-order valence-corrected chi connectivity index (χ1v) is 9.81. The van der Waals surface area contributed by atoms with Crippen LogP contribution in [-0.2, 0) is 12.8 Å². The molecule has 1 aliphatic carbocycles. The molecule has 128 valence electrons. The Morgan fingerprint density at radius 2 is 1.58 bits per heavy atom. The van der Waals surface area contributed by atoms with E-state index in [1.807, 2.05) is 18.2 Å². The maximum atomic E-state index is 11.9. The van der Waals surface area contributed by atoms with Gasteiger partial charge in [0.25, 0.3) is 0 Å². The van der Waals surface area contributed by atoms with E-state index in [2.05, 4.69) is 40.8 Å². The highest BCUT2D eigenvalue weighted by atomic mass is 32.1. The number of rotatable bonds is 3. The van der Waals surface area contributed by atoms with Crippen LogP contribution in [0, 0.1) is 0 Å². The van der Waals surface area contributed by atoms with E-state index in [4.69, 9.17) is 4.98 Å². The topological polar surface area (TPSA) is 34.4 Å². The molecule has 0 amide bonds. The lowest BCUT2D eigenvalue weighted by molar-refractivity contribution is 0.111. The van der Waals surface area contributed by atoms with Crippen molar-refractivity contribution < 1.29 is 4.79 Å². The van der Waals surface area contributed by atoms with Crippen LogP contribution < -0.4 is 0 Å². The highest BCUT2D eigenvalue weighted by molar-refractivity contribution is 7.17. The Bertz CT molecular complexity index is 1090. The summed E-state index contributed by atoms with van der Waals surface area (Å²) in [5, 5.41) is 0. The van der Waals surface area contributed by atoms with E-state index >= 15 is 0 Å². The number of fused-ring (bicyclic) bond motifs is 3. The zero-order valence-electron chi connectivity index (χ0n) is 14.3. The molecule has 0 saturated heterocycles. The second kappa shape index (κ2) is 6.22. The van der Waals surface area contributed by atoms with E-state index in [9.17, 15) is 4.79 Å². The number of aldehydes is 1. The molecule has 5 rings (SSSR count). The van der Waals surface area contributed by atoms with Crippen LogP contribution in [0.2, 0.25) is 0 Å². The van der Waals surface area contributed by atoms with Crippen LogP contribution in [-0.4, -0.2) is 15.7 Å². The van der Waals surface area contributed by atoms with Crippen molar-refractivity contribution >= 4 is 22.6 Å². The van der Waals surface area contributed by atoms with E-state index in [1.54, 1.807) is 11.3 Å². The van der Waals surface area contributed by atoms with Crippen molar-refractivity contribution in [1.82, 2.24) is 9.38 Å². The first kappa shape index (κ1) is 15.5. The van der Waals surface area contributed by atoms with Crippen LogP contribution >= 0.6 is 11.3 Å². The molecule has 4 aromatic rings. The number of imidazole rings is 1. The third-order valence-corrected chi connectivity index (χ3v) is 6.28. The Morgan fingerprint density at radius 3 is 2.35 bits per heavy atom. The van der Waals surface area contributed by atoms with Gasteiger partial charge in [0.1, 0.15) is 11.4 Å². The van der Waals surface area contributed by atoms with Crippen LogP contribution in [0.3, 0.4) is 0 Å². The molecule has 0 saturated carbocycles. The van der Waals surface area contributed by atoms with Crippen molar-refractivity contribution in [2.24, 2.45) is 0 Å². The molecule has 0 N–H and O–H groups in total. The number of nitrogens with zero attached hydrogens (tertiary/aromatic N) is 2. The SMILES string of the molecule is O=Cc1c(-c2ccc(-c3ccccc3)cc2)nc2sc3c(n12)CCCC3. The molecule has 0 atom stereocenters. The van der Waals surface area contributed by atoms with Crippen molar-refractivity contribution in [1.29, 1.82) is 0 Å². The van der Waals surface area contributed by atoms with Gasteiger partial charge in [0.2, 0.25) is 0 Å². The average molecular weight is 358 g/mol. The molecular weight excluding hydrogens is 340 g/mol. The average Bonchev–Trinajstić information content (AvgIpc) is 3.24. The number of aromatic nitrogens is 2. The number of carbonyl (C=O) groups excluding carboxylic acids is 1. The minimum Gasteiger partial charge on any atom is -0.296 e. The summed E-state index contributed by atoms with van der Waals surface area (Å²) in [6, 6.07) is 18.6. The molecule has 0 radical (unpaired) electrons. The Labute approximate surface area is 156 Å². The molecule has 0 spiro atoms. The van der Waals surface area contributed by atoms with Crippen LogP contribution in [0.4, 0.5) is 0 Å². The number of thiazole rings is 1. The minimum atomic E-state index is 0.687. The summed E-state index contributed by atoms with van der Waals surface area (Å²) in [5.74, 6) is 0. The van der Waals surface area contributed by atoms with E-state index in [1.165, 1.54) is 34.5 Å². The van der Waals surface area contributed by atoms with Gasteiger partial charge in [0.15, 0.2) is 11.2 Å².